The number of aromatic nitrogens is 1. The molecule has 0 fully saturated rings. The molecule has 2 atom stereocenters. The normalized spacial score (nSPS) is 13.0. The van der Waals surface area contributed by atoms with Crippen LogP contribution in [0.4, 0.5) is 0 Å². The smallest absolute Gasteiger partial charge is 0.328 e. The van der Waals surface area contributed by atoms with Gasteiger partial charge in [-0.2, -0.15) is 0 Å². The molecule has 0 radical (unpaired) electrons. The van der Waals surface area contributed by atoms with E-state index in [0.717, 1.165) is 22.9 Å². The Hall–Kier alpha value is -2.83. The summed E-state index contributed by atoms with van der Waals surface area (Å²) < 4.78 is 9.74. The first-order valence-electron chi connectivity index (χ1n) is 9.54. The minimum absolute atomic E-state index is 0.0803. The van der Waals surface area contributed by atoms with E-state index in [1.165, 1.54) is 7.11 Å². The predicted molar refractivity (Wildman–Crippen MR) is 106 cm³/mol. The van der Waals surface area contributed by atoms with Crippen LogP contribution in [-0.4, -0.2) is 42.6 Å². The third kappa shape index (κ3) is 5.84. The second-order valence-electron chi connectivity index (χ2n) is 6.83. The van der Waals surface area contributed by atoms with Gasteiger partial charge in [-0.1, -0.05) is 38.5 Å². The van der Waals surface area contributed by atoms with Gasteiger partial charge in [0.05, 0.1) is 7.11 Å². The van der Waals surface area contributed by atoms with Crippen LogP contribution in [0.1, 0.15) is 38.7 Å². The molecule has 0 saturated heterocycles. The molecule has 28 heavy (non-hydrogen) atoms. The maximum Gasteiger partial charge on any atom is 0.328 e. The lowest BCUT2D eigenvalue weighted by molar-refractivity contribution is -0.151. The number of hydrogen-bond acceptors (Lipinski definition) is 5. The summed E-state index contributed by atoms with van der Waals surface area (Å²) in [5.74, 6) is -1.54. The summed E-state index contributed by atoms with van der Waals surface area (Å²) >= 11 is 0. The fourth-order valence-electron chi connectivity index (χ4n) is 2.99. The average molecular weight is 388 g/mol. The summed E-state index contributed by atoms with van der Waals surface area (Å²) in [5.41, 5.74) is 2.22. The summed E-state index contributed by atoms with van der Waals surface area (Å²) in [5, 5.41) is 3.72. The van der Waals surface area contributed by atoms with E-state index in [9.17, 15) is 14.4 Å². The van der Waals surface area contributed by atoms with Crippen LogP contribution in [0.25, 0.3) is 10.9 Å². The zero-order chi connectivity index (χ0) is 20.5. The van der Waals surface area contributed by atoms with Gasteiger partial charge in [-0.05, 0) is 30.4 Å². The first kappa shape index (κ1) is 21.5. The Morgan fingerprint density at radius 2 is 1.96 bits per heavy atom. The molecule has 0 unspecified atom stereocenters. The SMILES string of the molecule is CC[C@H](C)[C@@H](NC(=O)COC(=O)CCCc1c[nH]c2ccccc12)C(=O)OC. The van der Waals surface area contributed by atoms with Crippen LogP contribution in [0.5, 0.6) is 0 Å². The van der Waals surface area contributed by atoms with Crippen molar-refractivity contribution in [2.75, 3.05) is 13.7 Å². The zero-order valence-corrected chi connectivity index (χ0v) is 16.6. The third-order valence-electron chi connectivity index (χ3n) is 4.85. The number of fused-ring (bicyclic) bond motifs is 1. The van der Waals surface area contributed by atoms with Crippen molar-refractivity contribution in [3.05, 3.63) is 36.0 Å². The lowest BCUT2D eigenvalue weighted by atomic mass is 9.99. The van der Waals surface area contributed by atoms with Gasteiger partial charge in [-0.15, -0.1) is 0 Å². The van der Waals surface area contributed by atoms with Crippen LogP contribution in [0.15, 0.2) is 30.5 Å². The molecule has 0 spiro atoms. The Morgan fingerprint density at radius 1 is 1.21 bits per heavy atom. The molecule has 7 nitrogen and oxygen atoms in total. The number of methoxy groups -OCH3 is 1. The van der Waals surface area contributed by atoms with Gasteiger partial charge in [-0.3, -0.25) is 9.59 Å². The van der Waals surface area contributed by atoms with Gasteiger partial charge in [0.25, 0.3) is 5.91 Å². The number of amides is 1. The number of nitrogens with one attached hydrogen (secondary N) is 2. The number of benzene rings is 1. The quantitative estimate of drug-likeness (QED) is 0.610. The van der Waals surface area contributed by atoms with Gasteiger partial charge in [0.15, 0.2) is 6.61 Å². The highest BCUT2D eigenvalue weighted by molar-refractivity contribution is 5.86. The Balaban J connectivity index is 1.74. The molecule has 1 heterocycles. The molecular weight excluding hydrogens is 360 g/mol. The fourth-order valence-corrected chi connectivity index (χ4v) is 2.99. The maximum atomic E-state index is 12.0. The molecule has 0 bridgehead atoms. The fraction of sp³-hybridized carbons (Fsp3) is 0.476. The molecule has 0 aliphatic rings. The third-order valence-corrected chi connectivity index (χ3v) is 4.85. The second-order valence-corrected chi connectivity index (χ2v) is 6.83. The molecule has 1 aromatic heterocycles. The van der Waals surface area contributed by atoms with E-state index in [1.807, 2.05) is 44.3 Å². The highest BCUT2D eigenvalue weighted by Crippen LogP contribution is 2.19. The lowest BCUT2D eigenvalue weighted by Gasteiger charge is -2.21. The number of ether oxygens (including phenoxy) is 2. The molecule has 2 N–H and O–H groups in total. The number of aromatic amines is 1. The van der Waals surface area contributed by atoms with Gasteiger partial charge in [0.1, 0.15) is 6.04 Å². The first-order chi connectivity index (χ1) is 13.5. The van der Waals surface area contributed by atoms with Crippen LogP contribution < -0.4 is 5.32 Å². The molecule has 0 aliphatic heterocycles. The number of hydrogen-bond donors (Lipinski definition) is 2. The van der Waals surface area contributed by atoms with Gasteiger partial charge >= 0.3 is 11.9 Å². The van der Waals surface area contributed by atoms with E-state index >= 15 is 0 Å². The zero-order valence-electron chi connectivity index (χ0n) is 16.6. The summed E-state index contributed by atoms with van der Waals surface area (Å²) in [4.78, 5) is 38.9. The lowest BCUT2D eigenvalue weighted by Crippen LogP contribution is -2.47. The number of aryl methyl sites for hydroxylation is 1. The van der Waals surface area contributed by atoms with E-state index in [4.69, 9.17) is 9.47 Å². The molecule has 7 heteroatoms. The van der Waals surface area contributed by atoms with Gasteiger partial charge in [0, 0.05) is 23.5 Å². The number of carbonyl (C=O) groups excluding carboxylic acids is 3. The van der Waals surface area contributed by atoms with E-state index in [0.29, 0.717) is 12.8 Å². The van der Waals surface area contributed by atoms with Crippen molar-refractivity contribution in [3.8, 4) is 0 Å². The number of esters is 2. The Bertz CT molecular complexity index is 814. The summed E-state index contributed by atoms with van der Waals surface area (Å²) in [7, 11) is 1.28. The number of rotatable bonds is 10. The van der Waals surface area contributed by atoms with Crippen molar-refractivity contribution in [3.63, 3.8) is 0 Å². The van der Waals surface area contributed by atoms with E-state index in [-0.39, 0.29) is 12.3 Å². The van der Waals surface area contributed by atoms with Crippen LogP contribution in [-0.2, 0) is 30.3 Å². The molecule has 152 valence electrons. The maximum absolute atomic E-state index is 12.0. The number of H-pyrrole nitrogens is 1. The van der Waals surface area contributed by atoms with Crippen molar-refractivity contribution in [1.29, 1.82) is 0 Å². The van der Waals surface area contributed by atoms with Gasteiger partial charge < -0.3 is 19.8 Å². The Kier molecular flexibility index (Phi) is 8.04. The first-order valence-corrected chi connectivity index (χ1v) is 9.54. The van der Waals surface area contributed by atoms with Crippen LogP contribution in [0.2, 0.25) is 0 Å². The standard InChI is InChI=1S/C21H28N2O5/c1-4-14(2)20(21(26)27-3)23-18(24)13-28-19(25)11-7-8-15-12-22-17-10-6-5-9-16(15)17/h5-6,9-10,12,14,20,22H,4,7-8,11,13H2,1-3H3,(H,23,24)/t14-,20+/m0/s1. The summed E-state index contributed by atoms with van der Waals surface area (Å²) in [6.07, 6.45) is 4.24. The summed E-state index contributed by atoms with van der Waals surface area (Å²) in [6.45, 7) is 3.36. The van der Waals surface area contributed by atoms with Crippen molar-refractivity contribution in [1.82, 2.24) is 10.3 Å². The van der Waals surface area contributed by atoms with Crippen molar-refractivity contribution in [2.24, 2.45) is 5.92 Å². The molecule has 0 aliphatic carbocycles. The minimum atomic E-state index is -0.747. The van der Waals surface area contributed by atoms with Gasteiger partial charge in [-0.25, -0.2) is 4.79 Å². The topological polar surface area (TPSA) is 97.5 Å². The number of carbonyl (C=O) groups is 3. The monoisotopic (exact) mass is 388 g/mol. The average Bonchev–Trinajstić information content (AvgIpc) is 3.12. The van der Waals surface area contributed by atoms with Crippen molar-refractivity contribution in [2.45, 2.75) is 45.6 Å². The van der Waals surface area contributed by atoms with Gasteiger partial charge in [0.2, 0.25) is 0 Å². The van der Waals surface area contributed by atoms with Crippen molar-refractivity contribution >= 4 is 28.7 Å². The highest BCUT2D eigenvalue weighted by atomic mass is 16.5. The van der Waals surface area contributed by atoms with E-state index in [2.05, 4.69) is 10.3 Å². The highest BCUT2D eigenvalue weighted by Gasteiger charge is 2.26. The van der Waals surface area contributed by atoms with E-state index < -0.39 is 30.5 Å². The number of para-hydroxylation sites is 1. The van der Waals surface area contributed by atoms with Crippen LogP contribution in [0.3, 0.4) is 0 Å². The van der Waals surface area contributed by atoms with Crippen LogP contribution in [0, 0.1) is 5.92 Å². The minimum Gasteiger partial charge on any atom is -0.467 e. The van der Waals surface area contributed by atoms with Crippen LogP contribution >= 0.6 is 0 Å². The van der Waals surface area contributed by atoms with Crippen molar-refractivity contribution < 1.29 is 23.9 Å². The Labute approximate surface area is 164 Å². The molecule has 0 saturated carbocycles. The molecule has 1 amide bonds. The molecule has 1 aromatic carbocycles. The Morgan fingerprint density at radius 3 is 2.68 bits per heavy atom. The second kappa shape index (κ2) is 10.5. The predicted octanol–water partition coefficient (Wildman–Crippen LogP) is 2.74. The van der Waals surface area contributed by atoms with E-state index in [1.54, 1.807) is 0 Å². The molecular formula is C21H28N2O5. The summed E-state index contributed by atoms with van der Waals surface area (Å²) in [6, 6.07) is 7.25. The molecule has 2 aromatic rings. The largest absolute Gasteiger partial charge is 0.467 e. The molecule has 2 rings (SSSR count).